The molecule has 0 aliphatic rings. The average Bonchev–Trinajstić information content (AvgIpc) is 3.10. The van der Waals surface area contributed by atoms with Crippen molar-refractivity contribution in [1.82, 2.24) is 14.5 Å². The molecular formula is C19H28N4O2. The van der Waals surface area contributed by atoms with E-state index in [1.54, 1.807) is 23.3 Å². The predicted molar refractivity (Wildman–Crippen MR) is 97.6 cm³/mol. The van der Waals surface area contributed by atoms with Gasteiger partial charge in [0.1, 0.15) is 18.1 Å². The molecule has 136 valence electrons. The quantitative estimate of drug-likeness (QED) is 0.690. The highest BCUT2D eigenvalue weighted by molar-refractivity contribution is 5.75. The second-order valence-corrected chi connectivity index (χ2v) is 6.50. The number of aromatic nitrogens is 3. The number of nitrogens with zero attached hydrogens (tertiary/aromatic N) is 3. The van der Waals surface area contributed by atoms with Crippen LogP contribution < -0.4 is 5.73 Å². The largest absolute Gasteiger partial charge is 0.481 e. The van der Waals surface area contributed by atoms with Crippen LogP contribution in [-0.2, 0) is 4.79 Å². The second-order valence-electron chi connectivity index (χ2n) is 6.50. The third-order valence-corrected chi connectivity index (χ3v) is 4.76. The Morgan fingerprint density at radius 3 is 2.68 bits per heavy atom. The van der Waals surface area contributed by atoms with E-state index in [0.29, 0.717) is 18.2 Å². The van der Waals surface area contributed by atoms with E-state index in [9.17, 15) is 9.90 Å². The first-order valence-corrected chi connectivity index (χ1v) is 8.98. The summed E-state index contributed by atoms with van der Waals surface area (Å²) in [5.41, 5.74) is 6.46. The molecule has 0 saturated carbocycles. The van der Waals surface area contributed by atoms with Crippen LogP contribution in [0.3, 0.4) is 0 Å². The highest BCUT2D eigenvalue weighted by Gasteiger charge is 2.32. The lowest BCUT2D eigenvalue weighted by atomic mass is 9.80. The minimum atomic E-state index is -0.828. The number of nitrogens with two attached hydrogens (primary N) is 1. The maximum Gasteiger partial charge on any atom is 0.312 e. The molecule has 0 fully saturated rings. The van der Waals surface area contributed by atoms with Gasteiger partial charge in [-0.15, -0.1) is 0 Å². The molecule has 6 heteroatoms. The molecule has 0 radical (unpaired) electrons. The van der Waals surface area contributed by atoms with Crippen LogP contribution in [0.2, 0.25) is 0 Å². The molecular weight excluding hydrogens is 316 g/mol. The molecule has 6 nitrogen and oxygen atoms in total. The van der Waals surface area contributed by atoms with Gasteiger partial charge >= 0.3 is 5.97 Å². The number of imidazole rings is 1. The number of aliphatic carboxylic acids is 1. The van der Waals surface area contributed by atoms with E-state index in [2.05, 4.69) is 16.9 Å². The van der Waals surface area contributed by atoms with Gasteiger partial charge in [-0.25, -0.2) is 9.97 Å². The SMILES string of the molecule is CCC[C@@H](CN)C[C@H](CC)C(C(=O)O)c1cn(-c2ccccn2)cn1. The fraction of sp³-hybridized carbons (Fsp3) is 0.526. The highest BCUT2D eigenvalue weighted by Crippen LogP contribution is 2.33. The molecule has 0 amide bonds. The normalized spacial score (nSPS) is 14.8. The van der Waals surface area contributed by atoms with Gasteiger partial charge in [-0.3, -0.25) is 9.36 Å². The maximum atomic E-state index is 12.0. The van der Waals surface area contributed by atoms with E-state index < -0.39 is 11.9 Å². The predicted octanol–water partition coefficient (Wildman–Crippen LogP) is 3.23. The molecule has 2 aromatic rings. The molecule has 0 aliphatic carbocycles. The van der Waals surface area contributed by atoms with Gasteiger partial charge < -0.3 is 10.8 Å². The number of pyridine rings is 1. The van der Waals surface area contributed by atoms with Crippen LogP contribution in [0, 0.1) is 11.8 Å². The van der Waals surface area contributed by atoms with Crippen molar-refractivity contribution in [2.45, 2.75) is 45.4 Å². The molecule has 0 saturated heterocycles. The van der Waals surface area contributed by atoms with Gasteiger partial charge in [0.05, 0.1) is 5.69 Å². The Morgan fingerprint density at radius 1 is 1.32 bits per heavy atom. The zero-order valence-electron chi connectivity index (χ0n) is 15.0. The Hall–Kier alpha value is -2.21. The van der Waals surface area contributed by atoms with Gasteiger partial charge in [-0.1, -0.05) is 32.8 Å². The van der Waals surface area contributed by atoms with Crippen molar-refractivity contribution in [3.05, 3.63) is 42.6 Å². The first-order valence-electron chi connectivity index (χ1n) is 8.98. The molecule has 25 heavy (non-hydrogen) atoms. The van der Waals surface area contributed by atoms with E-state index in [1.165, 1.54) is 0 Å². The minimum Gasteiger partial charge on any atom is -0.481 e. The average molecular weight is 344 g/mol. The van der Waals surface area contributed by atoms with Crippen molar-refractivity contribution in [3.63, 3.8) is 0 Å². The lowest BCUT2D eigenvalue weighted by Gasteiger charge is -2.25. The highest BCUT2D eigenvalue weighted by atomic mass is 16.4. The summed E-state index contributed by atoms with van der Waals surface area (Å²) in [5.74, 6) is -0.352. The smallest absolute Gasteiger partial charge is 0.312 e. The lowest BCUT2D eigenvalue weighted by Crippen LogP contribution is -2.26. The van der Waals surface area contributed by atoms with Crippen molar-refractivity contribution in [3.8, 4) is 5.82 Å². The number of carboxylic acids is 1. The van der Waals surface area contributed by atoms with E-state index in [1.807, 2.05) is 25.1 Å². The molecule has 0 aromatic carbocycles. The topological polar surface area (TPSA) is 94.0 Å². The van der Waals surface area contributed by atoms with E-state index in [-0.39, 0.29) is 5.92 Å². The fourth-order valence-corrected chi connectivity index (χ4v) is 3.41. The van der Waals surface area contributed by atoms with E-state index in [0.717, 1.165) is 31.5 Å². The summed E-state index contributed by atoms with van der Waals surface area (Å²) in [6.07, 6.45) is 8.80. The fourth-order valence-electron chi connectivity index (χ4n) is 3.41. The summed E-state index contributed by atoms with van der Waals surface area (Å²) in [7, 11) is 0. The monoisotopic (exact) mass is 344 g/mol. The van der Waals surface area contributed by atoms with Crippen LogP contribution in [0.15, 0.2) is 36.9 Å². The van der Waals surface area contributed by atoms with Crippen LogP contribution in [-0.4, -0.2) is 32.2 Å². The number of hydrogen-bond donors (Lipinski definition) is 2. The first-order chi connectivity index (χ1) is 12.1. The Balaban J connectivity index is 2.24. The van der Waals surface area contributed by atoms with Gasteiger partial charge in [0.15, 0.2) is 0 Å². The van der Waals surface area contributed by atoms with Crippen molar-refractivity contribution in [2.75, 3.05) is 6.54 Å². The number of rotatable bonds is 10. The molecule has 2 aromatic heterocycles. The number of carboxylic acid groups (broad SMARTS) is 1. The van der Waals surface area contributed by atoms with E-state index >= 15 is 0 Å². The van der Waals surface area contributed by atoms with E-state index in [4.69, 9.17) is 5.73 Å². The van der Waals surface area contributed by atoms with Crippen LogP contribution in [0.25, 0.3) is 5.82 Å². The summed E-state index contributed by atoms with van der Waals surface area (Å²) in [5, 5.41) is 9.83. The zero-order valence-corrected chi connectivity index (χ0v) is 15.0. The Kier molecular flexibility index (Phi) is 7.13. The van der Waals surface area contributed by atoms with Crippen LogP contribution in [0.4, 0.5) is 0 Å². The van der Waals surface area contributed by atoms with Crippen molar-refractivity contribution < 1.29 is 9.90 Å². The summed E-state index contributed by atoms with van der Waals surface area (Å²) >= 11 is 0. The molecule has 0 spiro atoms. The molecule has 2 rings (SSSR count). The first kappa shape index (κ1) is 19.1. The summed E-state index contributed by atoms with van der Waals surface area (Å²) in [4.78, 5) is 20.6. The Bertz CT molecular complexity index is 656. The number of carbonyl (C=O) groups is 1. The molecule has 3 N–H and O–H groups in total. The van der Waals surface area contributed by atoms with Crippen molar-refractivity contribution in [2.24, 2.45) is 17.6 Å². The Morgan fingerprint density at radius 2 is 2.12 bits per heavy atom. The Labute approximate surface area is 149 Å². The van der Waals surface area contributed by atoms with Crippen molar-refractivity contribution >= 4 is 5.97 Å². The van der Waals surface area contributed by atoms with Crippen LogP contribution in [0.5, 0.6) is 0 Å². The zero-order chi connectivity index (χ0) is 18.2. The van der Waals surface area contributed by atoms with Gasteiger partial charge in [0.25, 0.3) is 0 Å². The van der Waals surface area contributed by atoms with Crippen LogP contribution in [0.1, 0.15) is 51.1 Å². The van der Waals surface area contributed by atoms with Crippen LogP contribution >= 0.6 is 0 Å². The maximum absolute atomic E-state index is 12.0. The minimum absolute atomic E-state index is 0.0182. The molecule has 3 atom stereocenters. The molecule has 1 unspecified atom stereocenters. The summed E-state index contributed by atoms with van der Waals surface area (Å²) in [6.45, 7) is 4.77. The third-order valence-electron chi connectivity index (χ3n) is 4.76. The van der Waals surface area contributed by atoms with Gasteiger partial charge in [0.2, 0.25) is 0 Å². The van der Waals surface area contributed by atoms with Gasteiger partial charge in [-0.2, -0.15) is 0 Å². The molecule has 2 heterocycles. The standard InChI is InChI=1S/C19H28N4O2/c1-3-7-14(11-20)10-15(4-2)18(19(24)25)16-12-23(13-22-16)17-8-5-6-9-21-17/h5-6,8-9,12-15,18H,3-4,7,10-11,20H2,1-2H3,(H,24,25)/t14-,15+,18?/m1/s1. The third kappa shape index (κ3) is 4.89. The van der Waals surface area contributed by atoms with Gasteiger partial charge in [0, 0.05) is 12.4 Å². The second kappa shape index (κ2) is 9.32. The number of hydrogen-bond acceptors (Lipinski definition) is 4. The van der Waals surface area contributed by atoms with Crippen molar-refractivity contribution in [1.29, 1.82) is 0 Å². The summed E-state index contributed by atoms with van der Waals surface area (Å²) < 4.78 is 1.77. The van der Waals surface area contributed by atoms with Gasteiger partial charge in [-0.05, 0) is 43.4 Å². The summed E-state index contributed by atoms with van der Waals surface area (Å²) in [6, 6.07) is 5.60. The lowest BCUT2D eigenvalue weighted by molar-refractivity contribution is -0.140. The molecule has 0 bridgehead atoms. The molecule has 0 aliphatic heterocycles.